The summed E-state index contributed by atoms with van der Waals surface area (Å²) in [6.45, 7) is 3.09. The van der Waals surface area contributed by atoms with E-state index < -0.39 is 0 Å². The monoisotopic (exact) mass is 396 g/mol. The Morgan fingerprint density at radius 1 is 1.11 bits per heavy atom. The number of aryl methyl sites for hydroxylation is 2. The molecule has 1 N–H and O–H groups in total. The molecule has 1 heterocycles. The van der Waals surface area contributed by atoms with Crippen molar-refractivity contribution in [2.45, 2.75) is 31.7 Å². The number of benzene rings is 2. The van der Waals surface area contributed by atoms with Gasteiger partial charge in [0, 0.05) is 13.6 Å². The van der Waals surface area contributed by atoms with Gasteiger partial charge in [-0.3, -0.25) is 4.79 Å². The minimum absolute atomic E-state index is 0.0416. The lowest BCUT2D eigenvalue weighted by Crippen LogP contribution is -2.20. The van der Waals surface area contributed by atoms with Crippen LogP contribution in [0.15, 0.2) is 59.8 Å². The molecule has 3 aromatic rings. The number of amides is 1. The van der Waals surface area contributed by atoms with Gasteiger partial charge in [0.25, 0.3) is 0 Å². The molecule has 0 unspecified atom stereocenters. The fourth-order valence-corrected chi connectivity index (χ4v) is 3.48. The van der Waals surface area contributed by atoms with Gasteiger partial charge >= 0.3 is 0 Å². The average molecular weight is 397 g/mol. The van der Waals surface area contributed by atoms with E-state index in [1.54, 1.807) is 7.05 Å². The van der Waals surface area contributed by atoms with Gasteiger partial charge < -0.3 is 14.6 Å². The molecule has 7 heteroatoms. The Kier molecular flexibility index (Phi) is 7.08. The van der Waals surface area contributed by atoms with Crippen molar-refractivity contribution in [3.05, 3.63) is 71.5 Å². The number of nitrogens with zero attached hydrogens (tertiary/aromatic N) is 3. The average Bonchev–Trinajstić information content (AvgIpc) is 3.12. The van der Waals surface area contributed by atoms with Gasteiger partial charge in [-0.05, 0) is 31.0 Å². The quantitative estimate of drug-likeness (QED) is 0.562. The highest BCUT2D eigenvalue weighted by Crippen LogP contribution is 2.19. The van der Waals surface area contributed by atoms with Crippen LogP contribution in [-0.4, -0.2) is 33.5 Å². The molecule has 0 fully saturated rings. The van der Waals surface area contributed by atoms with Gasteiger partial charge in [-0.25, -0.2) is 0 Å². The lowest BCUT2D eigenvalue weighted by Gasteiger charge is -2.11. The summed E-state index contributed by atoms with van der Waals surface area (Å²) in [6, 6.07) is 18.2. The van der Waals surface area contributed by atoms with Crippen LogP contribution >= 0.6 is 11.8 Å². The minimum Gasteiger partial charge on any atom is -0.486 e. The van der Waals surface area contributed by atoms with E-state index in [2.05, 4.69) is 27.6 Å². The lowest BCUT2D eigenvalue weighted by molar-refractivity contribution is -0.118. The van der Waals surface area contributed by atoms with Crippen LogP contribution in [0.1, 0.15) is 17.0 Å². The molecule has 0 bridgehead atoms. The first-order valence-electron chi connectivity index (χ1n) is 9.14. The Balaban J connectivity index is 1.72. The van der Waals surface area contributed by atoms with E-state index in [1.807, 2.05) is 54.0 Å². The fourth-order valence-electron chi connectivity index (χ4n) is 2.63. The van der Waals surface area contributed by atoms with Gasteiger partial charge in [0.1, 0.15) is 12.4 Å². The molecular weight excluding hydrogens is 372 g/mol. The first-order valence-corrected chi connectivity index (χ1v) is 10.1. The van der Waals surface area contributed by atoms with Gasteiger partial charge in [-0.1, -0.05) is 59.8 Å². The highest BCUT2D eigenvalue weighted by atomic mass is 32.2. The molecule has 2 aromatic carbocycles. The zero-order valence-electron chi connectivity index (χ0n) is 16.1. The second-order valence-electron chi connectivity index (χ2n) is 6.35. The Bertz CT molecular complexity index is 895. The second kappa shape index (κ2) is 9.94. The van der Waals surface area contributed by atoms with Crippen molar-refractivity contribution in [1.82, 2.24) is 20.1 Å². The number of nitrogens with one attached hydrogen (secondary N) is 1. The summed E-state index contributed by atoms with van der Waals surface area (Å²) >= 11 is 1.38. The second-order valence-corrected chi connectivity index (χ2v) is 7.29. The van der Waals surface area contributed by atoms with Crippen LogP contribution < -0.4 is 10.1 Å². The van der Waals surface area contributed by atoms with E-state index in [0.717, 1.165) is 29.7 Å². The third-order valence-corrected chi connectivity index (χ3v) is 5.23. The predicted molar refractivity (Wildman–Crippen MR) is 110 cm³/mol. The van der Waals surface area contributed by atoms with Crippen molar-refractivity contribution < 1.29 is 9.53 Å². The molecule has 0 saturated heterocycles. The molecule has 0 radical (unpaired) electrons. The van der Waals surface area contributed by atoms with Gasteiger partial charge in [-0.2, -0.15) is 0 Å². The van der Waals surface area contributed by atoms with Crippen molar-refractivity contribution in [1.29, 1.82) is 0 Å². The molecule has 28 heavy (non-hydrogen) atoms. The summed E-state index contributed by atoms with van der Waals surface area (Å²) in [5.74, 6) is 1.80. The van der Waals surface area contributed by atoms with Crippen molar-refractivity contribution in [2.75, 3.05) is 12.8 Å². The van der Waals surface area contributed by atoms with E-state index in [4.69, 9.17) is 4.74 Å². The summed E-state index contributed by atoms with van der Waals surface area (Å²) in [7, 11) is 1.63. The maximum atomic E-state index is 11.6. The first kappa shape index (κ1) is 19.9. The van der Waals surface area contributed by atoms with E-state index >= 15 is 0 Å². The third kappa shape index (κ3) is 5.60. The van der Waals surface area contributed by atoms with Crippen LogP contribution in [0.5, 0.6) is 5.75 Å². The lowest BCUT2D eigenvalue weighted by atomic mass is 10.1. The van der Waals surface area contributed by atoms with E-state index in [9.17, 15) is 4.79 Å². The number of carbonyl (C=O) groups is 1. The van der Waals surface area contributed by atoms with E-state index in [-0.39, 0.29) is 5.91 Å². The van der Waals surface area contributed by atoms with Gasteiger partial charge in [-0.15, -0.1) is 10.2 Å². The third-order valence-electron chi connectivity index (χ3n) is 4.26. The molecule has 0 aliphatic rings. The molecule has 1 aromatic heterocycles. The van der Waals surface area contributed by atoms with Crippen LogP contribution in [0.4, 0.5) is 0 Å². The number of hydrogen-bond donors (Lipinski definition) is 1. The zero-order chi connectivity index (χ0) is 19.8. The number of hydrogen-bond acceptors (Lipinski definition) is 5. The molecule has 146 valence electrons. The minimum atomic E-state index is -0.0416. The maximum absolute atomic E-state index is 11.6. The molecule has 0 aliphatic heterocycles. The highest BCUT2D eigenvalue weighted by molar-refractivity contribution is 7.99. The number of rotatable bonds is 9. The van der Waals surface area contributed by atoms with Gasteiger partial charge in [0.05, 0.1) is 5.75 Å². The summed E-state index contributed by atoms with van der Waals surface area (Å²) in [5, 5.41) is 11.9. The van der Waals surface area contributed by atoms with E-state index in [0.29, 0.717) is 12.4 Å². The molecule has 0 saturated carbocycles. The summed E-state index contributed by atoms with van der Waals surface area (Å²) in [5.41, 5.74) is 2.43. The fraction of sp³-hybridized carbons (Fsp3) is 0.286. The Hall–Kier alpha value is -2.80. The topological polar surface area (TPSA) is 69.0 Å². The molecule has 0 atom stereocenters. The van der Waals surface area contributed by atoms with Crippen molar-refractivity contribution in [3.8, 4) is 5.75 Å². The highest BCUT2D eigenvalue weighted by Gasteiger charge is 2.14. The van der Waals surface area contributed by atoms with E-state index in [1.165, 1.54) is 22.9 Å². The molecule has 0 spiro atoms. The molecule has 0 aliphatic carbocycles. The van der Waals surface area contributed by atoms with Crippen LogP contribution in [-0.2, 0) is 24.4 Å². The Morgan fingerprint density at radius 3 is 2.57 bits per heavy atom. The standard InChI is InChI=1S/C21H24N4O2S/c1-16-8-10-18(11-9-16)27-14-19-23-24-21(28-15-20(26)22-2)25(19)13-12-17-6-4-3-5-7-17/h3-11H,12-15H2,1-2H3,(H,22,26). The summed E-state index contributed by atoms with van der Waals surface area (Å²) in [6.07, 6.45) is 0.851. The molecule has 6 nitrogen and oxygen atoms in total. The van der Waals surface area contributed by atoms with Crippen LogP contribution in [0, 0.1) is 6.92 Å². The molecule has 3 rings (SSSR count). The first-order chi connectivity index (χ1) is 13.7. The molecular formula is C21H24N4O2S. The largest absolute Gasteiger partial charge is 0.486 e. The van der Waals surface area contributed by atoms with Crippen molar-refractivity contribution >= 4 is 17.7 Å². The number of ether oxygens (including phenoxy) is 1. The predicted octanol–water partition coefficient (Wildman–Crippen LogP) is 3.25. The van der Waals surface area contributed by atoms with Crippen LogP contribution in [0.3, 0.4) is 0 Å². The Labute approximate surface area is 169 Å². The number of thioether (sulfide) groups is 1. The van der Waals surface area contributed by atoms with Gasteiger partial charge in [0.15, 0.2) is 11.0 Å². The summed E-state index contributed by atoms with van der Waals surface area (Å²) < 4.78 is 7.92. The summed E-state index contributed by atoms with van der Waals surface area (Å²) in [4.78, 5) is 11.6. The molecule has 1 amide bonds. The maximum Gasteiger partial charge on any atom is 0.230 e. The van der Waals surface area contributed by atoms with Crippen LogP contribution in [0.25, 0.3) is 0 Å². The van der Waals surface area contributed by atoms with Crippen molar-refractivity contribution in [2.24, 2.45) is 0 Å². The van der Waals surface area contributed by atoms with Crippen molar-refractivity contribution in [3.63, 3.8) is 0 Å². The normalized spacial score (nSPS) is 10.6. The van der Waals surface area contributed by atoms with Gasteiger partial charge in [0.2, 0.25) is 5.91 Å². The number of aromatic nitrogens is 3. The van der Waals surface area contributed by atoms with Crippen LogP contribution in [0.2, 0.25) is 0 Å². The Morgan fingerprint density at radius 2 is 1.86 bits per heavy atom. The smallest absolute Gasteiger partial charge is 0.230 e. The SMILES string of the molecule is CNC(=O)CSc1nnc(COc2ccc(C)cc2)n1CCc1ccccc1. The zero-order valence-corrected chi connectivity index (χ0v) is 16.9. The number of carbonyl (C=O) groups excluding carboxylic acids is 1.